The fraction of sp³-hybridized carbons (Fsp3) is 0.400. The average molecular weight is 264 g/mol. The average Bonchev–Trinajstić information content (AvgIpc) is 2.46. The Morgan fingerprint density at radius 1 is 1.20 bits per heavy atom. The van der Waals surface area contributed by atoms with Crippen molar-refractivity contribution < 1.29 is 0 Å². The Bertz CT molecular complexity index is 621. The van der Waals surface area contributed by atoms with E-state index in [9.17, 15) is 0 Å². The van der Waals surface area contributed by atoms with Gasteiger partial charge < -0.3 is 0 Å². The van der Waals surface area contributed by atoms with E-state index in [1.54, 1.807) is 11.1 Å². The minimum atomic E-state index is 0.669. The van der Waals surface area contributed by atoms with Crippen LogP contribution in [0.15, 0.2) is 49.1 Å². The third-order valence-electron chi connectivity index (χ3n) is 4.87. The van der Waals surface area contributed by atoms with E-state index in [1.807, 2.05) is 0 Å². The van der Waals surface area contributed by atoms with Gasteiger partial charge in [0.05, 0.1) is 0 Å². The maximum Gasteiger partial charge on any atom is -0.00986 e. The minimum absolute atomic E-state index is 0.669. The van der Waals surface area contributed by atoms with Crippen molar-refractivity contribution in [3.8, 4) is 0 Å². The second-order valence-electron chi connectivity index (χ2n) is 6.45. The molecule has 0 N–H and O–H groups in total. The van der Waals surface area contributed by atoms with Gasteiger partial charge in [-0.05, 0) is 58.9 Å². The zero-order valence-corrected chi connectivity index (χ0v) is 12.6. The van der Waals surface area contributed by atoms with Crippen molar-refractivity contribution in [1.82, 2.24) is 0 Å². The summed E-state index contributed by atoms with van der Waals surface area (Å²) in [7, 11) is 0. The maximum absolute atomic E-state index is 3.97. The number of fused-ring (bicyclic) bond motifs is 3. The molecule has 0 saturated heterocycles. The number of allylic oxidation sites excluding steroid dienone is 1. The van der Waals surface area contributed by atoms with Gasteiger partial charge in [-0.1, -0.05) is 56.3 Å². The molecule has 2 aromatic carbocycles. The molecule has 2 unspecified atom stereocenters. The summed E-state index contributed by atoms with van der Waals surface area (Å²) >= 11 is 0. The van der Waals surface area contributed by atoms with Gasteiger partial charge in [0.1, 0.15) is 0 Å². The van der Waals surface area contributed by atoms with Crippen LogP contribution in [-0.4, -0.2) is 0 Å². The normalized spacial score (nSPS) is 21.9. The Hall–Kier alpha value is -1.56. The Morgan fingerprint density at radius 3 is 2.75 bits per heavy atom. The Labute approximate surface area is 122 Å². The fourth-order valence-corrected chi connectivity index (χ4v) is 4.06. The lowest BCUT2D eigenvalue weighted by Gasteiger charge is -2.37. The summed E-state index contributed by atoms with van der Waals surface area (Å²) in [6.07, 6.45) is 5.78. The molecule has 0 bridgehead atoms. The molecule has 0 radical (unpaired) electrons. The van der Waals surface area contributed by atoms with Gasteiger partial charge in [0.25, 0.3) is 0 Å². The van der Waals surface area contributed by atoms with Crippen LogP contribution in [0.5, 0.6) is 0 Å². The summed E-state index contributed by atoms with van der Waals surface area (Å²) in [4.78, 5) is 0. The summed E-state index contributed by atoms with van der Waals surface area (Å²) < 4.78 is 0. The summed E-state index contributed by atoms with van der Waals surface area (Å²) in [6.45, 7) is 8.71. The fourth-order valence-electron chi connectivity index (χ4n) is 4.06. The van der Waals surface area contributed by atoms with E-state index in [4.69, 9.17) is 0 Å². The van der Waals surface area contributed by atoms with Gasteiger partial charge in [-0.3, -0.25) is 0 Å². The van der Waals surface area contributed by atoms with Gasteiger partial charge in [-0.25, -0.2) is 0 Å². The lowest BCUT2D eigenvalue weighted by atomic mass is 9.68. The number of hydrogen-bond acceptors (Lipinski definition) is 0. The van der Waals surface area contributed by atoms with Crippen LogP contribution < -0.4 is 0 Å². The van der Waals surface area contributed by atoms with Crippen molar-refractivity contribution in [2.75, 3.05) is 0 Å². The molecule has 0 spiro atoms. The highest BCUT2D eigenvalue weighted by molar-refractivity contribution is 5.87. The van der Waals surface area contributed by atoms with Gasteiger partial charge >= 0.3 is 0 Å². The lowest BCUT2D eigenvalue weighted by molar-refractivity contribution is 0.308. The molecular weight excluding hydrogens is 240 g/mol. The molecule has 2 aromatic rings. The van der Waals surface area contributed by atoms with Crippen molar-refractivity contribution in [2.45, 2.75) is 39.0 Å². The van der Waals surface area contributed by atoms with Gasteiger partial charge in [-0.2, -0.15) is 0 Å². The van der Waals surface area contributed by atoms with E-state index in [2.05, 4.69) is 62.9 Å². The number of benzene rings is 2. The maximum atomic E-state index is 3.97. The van der Waals surface area contributed by atoms with Crippen molar-refractivity contribution in [3.63, 3.8) is 0 Å². The minimum Gasteiger partial charge on any atom is -0.103 e. The van der Waals surface area contributed by atoms with Crippen LogP contribution >= 0.6 is 0 Å². The first-order valence-electron chi connectivity index (χ1n) is 7.83. The first kappa shape index (κ1) is 13.4. The molecule has 0 aromatic heterocycles. The third-order valence-corrected chi connectivity index (χ3v) is 4.87. The molecular formula is C20H24. The topological polar surface area (TPSA) is 0 Å². The summed E-state index contributed by atoms with van der Waals surface area (Å²) in [5.74, 6) is 2.11. The van der Waals surface area contributed by atoms with Gasteiger partial charge in [0.2, 0.25) is 0 Å². The predicted molar refractivity (Wildman–Crippen MR) is 88.2 cm³/mol. The van der Waals surface area contributed by atoms with E-state index in [0.29, 0.717) is 11.8 Å². The highest BCUT2D eigenvalue weighted by Gasteiger charge is 2.32. The van der Waals surface area contributed by atoms with Crippen LogP contribution in [0.2, 0.25) is 0 Å². The molecule has 20 heavy (non-hydrogen) atoms. The third kappa shape index (κ3) is 2.18. The highest BCUT2D eigenvalue weighted by Crippen LogP contribution is 2.45. The number of aryl methyl sites for hydroxylation is 1. The van der Waals surface area contributed by atoms with Crippen LogP contribution in [0.25, 0.3) is 10.8 Å². The second kappa shape index (κ2) is 5.44. The van der Waals surface area contributed by atoms with Crippen molar-refractivity contribution in [3.05, 3.63) is 60.2 Å². The quantitative estimate of drug-likeness (QED) is 0.622. The summed E-state index contributed by atoms with van der Waals surface area (Å²) in [6, 6.07) is 13.5. The zero-order chi connectivity index (χ0) is 14.1. The molecule has 1 aliphatic rings. The van der Waals surface area contributed by atoms with Crippen LogP contribution in [0.4, 0.5) is 0 Å². The van der Waals surface area contributed by atoms with E-state index in [-0.39, 0.29) is 0 Å². The molecule has 2 atom stereocenters. The lowest BCUT2D eigenvalue weighted by Crippen LogP contribution is -2.24. The zero-order valence-electron chi connectivity index (χ0n) is 12.6. The molecule has 0 amide bonds. The SMILES string of the molecule is C=CCC1CCc2ccc3ccccc3c2C1C(C)C. The standard InChI is InChI=1S/C20H24/c1-4-7-16-12-13-17-11-10-15-8-5-6-9-18(15)20(17)19(16)14(2)3/h4-6,8-11,14,16,19H,1,7,12-13H2,2-3H3. The van der Waals surface area contributed by atoms with Crippen molar-refractivity contribution in [2.24, 2.45) is 11.8 Å². The number of rotatable bonds is 3. The van der Waals surface area contributed by atoms with E-state index < -0.39 is 0 Å². The van der Waals surface area contributed by atoms with Crippen LogP contribution in [0, 0.1) is 11.8 Å². The molecule has 0 heteroatoms. The first-order valence-corrected chi connectivity index (χ1v) is 7.83. The van der Waals surface area contributed by atoms with E-state index in [1.165, 1.54) is 23.6 Å². The van der Waals surface area contributed by atoms with Crippen LogP contribution in [0.3, 0.4) is 0 Å². The van der Waals surface area contributed by atoms with E-state index >= 15 is 0 Å². The smallest absolute Gasteiger partial charge is 0.00986 e. The monoisotopic (exact) mass is 264 g/mol. The largest absolute Gasteiger partial charge is 0.103 e. The highest BCUT2D eigenvalue weighted by atomic mass is 14.4. The predicted octanol–water partition coefficient (Wildman–Crippen LogP) is 5.72. The molecule has 0 fully saturated rings. The molecule has 104 valence electrons. The molecule has 0 saturated carbocycles. The van der Waals surface area contributed by atoms with Crippen molar-refractivity contribution >= 4 is 10.8 Å². The summed E-state index contributed by atoms with van der Waals surface area (Å²) in [5.41, 5.74) is 3.19. The van der Waals surface area contributed by atoms with Crippen molar-refractivity contribution in [1.29, 1.82) is 0 Å². The Balaban J connectivity index is 2.20. The van der Waals surface area contributed by atoms with Gasteiger partial charge in [-0.15, -0.1) is 6.58 Å². The van der Waals surface area contributed by atoms with Gasteiger partial charge in [0, 0.05) is 0 Å². The van der Waals surface area contributed by atoms with Crippen LogP contribution in [-0.2, 0) is 6.42 Å². The Kier molecular flexibility index (Phi) is 3.65. The molecule has 3 rings (SSSR count). The molecule has 0 aliphatic heterocycles. The second-order valence-corrected chi connectivity index (χ2v) is 6.45. The Morgan fingerprint density at radius 2 is 2.00 bits per heavy atom. The van der Waals surface area contributed by atoms with Crippen LogP contribution in [0.1, 0.15) is 43.7 Å². The van der Waals surface area contributed by atoms with Gasteiger partial charge in [0.15, 0.2) is 0 Å². The number of hydrogen-bond donors (Lipinski definition) is 0. The summed E-state index contributed by atoms with van der Waals surface area (Å²) in [5, 5.41) is 2.86. The molecule has 0 nitrogen and oxygen atoms in total. The molecule has 1 aliphatic carbocycles. The first-order chi connectivity index (χ1) is 9.72. The van der Waals surface area contributed by atoms with E-state index in [0.717, 1.165) is 12.3 Å². The molecule has 0 heterocycles.